The zero-order chi connectivity index (χ0) is 13.7. The number of hydrogen-bond acceptors (Lipinski definition) is 4. The standard InChI is InChI=1S/C15H27N3O/c1-2-19-14-6-10-18(11-7-14)9-5-13-4-3-8-15(13,17)12-16/h13-14H,2-11,17H2,1H3. The van der Waals surface area contributed by atoms with E-state index in [9.17, 15) is 5.26 Å². The molecule has 1 saturated carbocycles. The Balaban J connectivity index is 1.71. The second kappa shape index (κ2) is 6.69. The summed E-state index contributed by atoms with van der Waals surface area (Å²) in [6.45, 7) is 6.23. The first-order chi connectivity index (χ1) is 9.18. The van der Waals surface area contributed by atoms with Crippen molar-refractivity contribution >= 4 is 0 Å². The largest absolute Gasteiger partial charge is 0.378 e. The predicted octanol–water partition coefficient (Wildman–Crippen LogP) is 1.90. The maximum Gasteiger partial charge on any atom is 0.107 e. The van der Waals surface area contributed by atoms with Gasteiger partial charge in [-0.05, 0) is 51.5 Å². The zero-order valence-corrected chi connectivity index (χ0v) is 12.1. The molecule has 0 radical (unpaired) electrons. The Labute approximate surface area is 116 Å². The molecular weight excluding hydrogens is 238 g/mol. The topological polar surface area (TPSA) is 62.3 Å². The average Bonchev–Trinajstić information content (AvgIpc) is 2.80. The summed E-state index contributed by atoms with van der Waals surface area (Å²) in [5.74, 6) is 0.391. The molecule has 2 N–H and O–H groups in total. The van der Waals surface area contributed by atoms with Gasteiger partial charge in [0.05, 0.1) is 12.2 Å². The monoisotopic (exact) mass is 265 g/mol. The molecule has 0 spiro atoms. The van der Waals surface area contributed by atoms with Crippen molar-refractivity contribution in [3.05, 3.63) is 0 Å². The fourth-order valence-electron chi connectivity index (χ4n) is 3.53. The quantitative estimate of drug-likeness (QED) is 0.824. The van der Waals surface area contributed by atoms with Gasteiger partial charge in [-0.3, -0.25) is 0 Å². The summed E-state index contributed by atoms with van der Waals surface area (Å²) in [6, 6.07) is 2.34. The van der Waals surface area contributed by atoms with Crippen LogP contribution < -0.4 is 5.73 Å². The van der Waals surface area contributed by atoms with Crippen molar-refractivity contribution < 1.29 is 4.74 Å². The van der Waals surface area contributed by atoms with E-state index in [1.54, 1.807) is 0 Å². The van der Waals surface area contributed by atoms with Gasteiger partial charge in [-0.25, -0.2) is 0 Å². The lowest BCUT2D eigenvalue weighted by atomic mass is 9.87. The van der Waals surface area contributed by atoms with Crippen LogP contribution in [0.15, 0.2) is 0 Å². The fourth-order valence-corrected chi connectivity index (χ4v) is 3.53. The maximum absolute atomic E-state index is 9.22. The fraction of sp³-hybridized carbons (Fsp3) is 0.933. The second-order valence-corrected chi connectivity index (χ2v) is 6.03. The van der Waals surface area contributed by atoms with E-state index in [1.807, 2.05) is 0 Å². The molecular formula is C15H27N3O. The molecule has 1 saturated heterocycles. The Hall–Kier alpha value is -0.630. The molecule has 2 aliphatic rings. The lowest BCUT2D eigenvalue weighted by Crippen LogP contribution is -2.44. The number of rotatable bonds is 5. The molecule has 19 heavy (non-hydrogen) atoms. The average molecular weight is 265 g/mol. The first-order valence-corrected chi connectivity index (χ1v) is 7.72. The van der Waals surface area contributed by atoms with Crippen molar-refractivity contribution in [3.8, 4) is 6.07 Å². The predicted molar refractivity (Wildman–Crippen MR) is 75.6 cm³/mol. The summed E-state index contributed by atoms with van der Waals surface area (Å²) in [5.41, 5.74) is 5.63. The molecule has 1 heterocycles. The van der Waals surface area contributed by atoms with Gasteiger partial charge in [-0.2, -0.15) is 5.26 Å². The number of ether oxygens (including phenoxy) is 1. The number of likely N-dealkylation sites (tertiary alicyclic amines) is 1. The van der Waals surface area contributed by atoms with Crippen molar-refractivity contribution in [1.29, 1.82) is 5.26 Å². The molecule has 0 bridgehead atoms. The number of hydrogen-bond donors (Lipinski definition) is 1. The van der Waals surface area contributed by atoms with Crippen LogP contribution in [-0.4, -0.2) is 42.8 Å². The Morgan fingerprint density at radius 1 is 1.37 bits per heavy atom. The minimum atomic E-state index is -0.552. The van der Waals surface area contributed by atoms with Gasteiger partial charge < -0.3 is 15.4 Å². The van der Waals surface area contributed by atoms with Gasteiger partial charge >= 0.3 is 0 Å². The first-order valence-electron chi connectivity index (χ1n) is 7.72. The van der Waals surface area contributed by atoms with E-state index in [0.29, 0.717) is 12.0 Å². The summed E-state index contributed by atoms with van der Waals surface area (Å²) in [5, 5.41) is 9.22. The molecule has 2 unspecified atom stereocenters. The third-order valence-electron chi connectivity index (χ3n) is 4.81. The normalized spacial score (nSPS) is 33.4. The zero-order valence-electron chi connectivity index (χ0n) is 12.1. The van der Waals surface area contributed by atoms with Gasteiger partial charge in [0, 0.05) is 19.7 Å². The highest BCUT2D eigenvalue weighted by Gasteiger charge is 2.39. The Bertz CT molecular complexity index is 320. The minimum absolute atomic E-state index is 0.391. The van der Waals surface area contributed by atoms with Crippen molar-refractivity contribution in [3.63, 3.8) is 0 Å². The van der Waals surface area contributed by atoms with Gasteiger partial charge in [0.15, 0.2) is 0 Å². The highest BCUT2D eigenvalue weighted by atomic mass is 16.5. The van der Waals surface area contributed by atoms with E-state index in [-0.39, 0.29) is 0 Å². The van der Waals surface area contributed by atoms with Gasteiger partial charge in [0.1, 0.15) is 5.54 Å². The highest BCUT2D eigenvalue weighted by Crippen LogP contribution is 2.35. The van der Waals surface area contributed by atoms with E-state index < -0.39 is 5.54 Å². The van der Waals surface area contributed by atoms with Crippen LogP contribution in [0.25, 0.3) is 0 Å². The van der Waals surface area contributed by atoms with Crippen LogP contribution in [0, 0.1) is 17.2 Å². The van der Waals surface area contributed by atoms with E-state index in [2.05, 4.69) is 17.9 Å². The third kappa shape index (κ3) is 3.68. The minimum Gasteiger partial charge on any atom is -0.378 e. The molecule has 1 aliphatic carbocycles. The lowest BCUT2D eigenvalue weighted by molar-refractivity contribution is 0.0130. The van der Waals surface area contributed by atoms with Gasteiger partial charge in [0.25, 0.3) is 0 Å². The Kier molecular flexibility index (Phi) is 5.20. The Morgan fingerprint density at radius 3 is 2.74 bits per heavy atom. The van der Waals surface area contributed by atoms with E-state index in [0.717, 1.165) is 64.8 Å². The Morgan fingerprint density at radius 2 is 2.11 bits per heavy atom. The van der Waals surface area contributed by atoms with Crippen molar-refractivity contribution in [2.75, 3.05) is 26.2 Å². The van der Waals surface area contributed by atoms with E-state index >= 15 is 0 Å². The van der Waals surface area contributed by atoms with Gasteiger partial charge in [-0.15, -0.1) is 0 Å². The van der Waals surface area contributed by atoms with Crippen LogP contribution in [0.2, 0.25) is 0 Å². The summed E-state index contributed by atoms with van der Waals surface area (Å²) >= 11 is 0. The van der Waals surface area contributed by atoms with E-state index in [4.69, 9.17) is 10.5 Å². The molecule has 0 aromatic heterocycles. The summed E-state index contributed by atoms with van der Waals surface area (Å²) in [4.78, 5) is 2.51. The van der Waals surface area contributed by atoms with Crippen LogP contribution in [0.3, 0.4) is 0 Å². The molecule has 2 fully saturated rings. The first kappa shape index (κ1) is 14.8. The summed E-state index contributed by atoms with van der Waals surface area (Å²) < 4.78 is 5.67. The van der Waals surface area contributed by atoms with Crippen molar-refractivity contribution in [2.45, 2.75) is 57.1 Å². The van der Waals surface area contributed by atoms with Crippen LogP contribution >= 0.6 is 0 Å². The molecule has 0 amide bonds. The molecule has 2 atom stereocenters. The van der Waals surface area contributed by atoms with Crippen molar-refractivity contribution in [2.24, 2.45) is 11.7 Å². The number of nitrogens with two attached hydrogens (primary N) is 1. The molecule has 2 rings (SSSR count). The number of nitrogens with zero attached hydrogens (tertiary/aromatic N) is 2. The smallest absolute Gasteiger partial charge is 0.107 e. The molecule has 4 heteroatoms. The van der Waals surface area contributed by atoms with Crippen LogP contribution in [0.1, 0.15) is 45.4 Å². The van der Waals surface area contributed by atoms with Crippen LogP contribution in [-0.2, 0) is 4.74 Å². The molecule has 0 aromatic rings. The van der Waals surface area contributed by atoms with E-state index in [1.165, 1.54) is 0 Å². The molecule has 0 aromatic carbocycles. The lowest BCUT2D eigenvalue weighted by Gasteiger charge is -2.33. The number of piperidine rings is 1. The summed E-state index contributed by atoms with van der Waals surface area (Å²) in [6.07, 6.45) is 6.93. The second-order valence-electron chi connectivity index (χ2n) is 6.03. The summed E-state index contributed by atoms with van der Waals surface area (Å²) in [7, 11) is 0. The molecule has 108 valence electrons. The van der Waals surface area contributed by atoms with Gasteiger partial charge in [0.2, 0.25) is 0 Å². The highest BCUT2D eigenvalue weighted by molar-refractivity contribution is 5.11. The van der Waals surface area contributed by atoms with Crippen LogP contribution in [0.5, 0.6) is 0 Å². The molecule has 4 nitrogen and oxygen atoms in total. The van der Waals surface area contributed by atoms with Gasteiger partial charge in [-0.1, -0.05) is 6.42 Å². The van der Waals surface area contributed by atoms with Crippen molar-refractivity contribution in [1.82, 2.24) is 4.90 Å². The van der Waals surface area contributed by atoms with Crippen LogP contribution in [0.4, 0.5) is 0 Å². The number of nitriles is 1. The SMILES string of the molecule is CCOC1CCN(CCC2CCCC2(N)C#N)CC1. The maximum atomic E-state index is 9.22. The molecule has 1 aliphatic heterocycles. The third-order valence-corrected chi connectivity index (χ3v) is 4.81.